The van der Waals surface area contributed by atoms with E-state index in [1.165, 1.54) is 13.3 Å². The number of ether oxygens (including phenoxy) is 1. The van der Waals surface area contributed by atoms with Crippen LogP contribution in [0.15, 0.2) is 12.4 Å². The fourth-order valence-corrected chi connectivity index (χ4v) is 1.02. The molecule has 1 rings (SSSR count). The molecule has 0 aliphatic carbocycles. The summed E-state index contributed by atoms with van der Waals surface area (Å²) in [7, 11) is 1.23. The van der Waals surface area contributed by atoms with Gasteiger partial charge in [0.1, 0.15) is 0 Å². The third kappa shape index (κ3) is 2.11. The number of methoxy groups -OCH3 is 1. The Bertz CT molecular complexity index is 320. The number of esters is 1. The van der Waals surface area contributed by atoms with E-state index < -0.39 is 12.1 Å². The fraction of sp³-hybridized carbons (Fsp3) is 0.556. The van der Waals surface area contributed by atoms with Crippen LogP contribution in [0.3, 0.4) is 0 Å². The summed E-state index contributed by atoms with van der Waals surface area (Å²) in [4.78, 5) is 11.0. The number of aliphatic hydroxyl groups is 1. The van der Waals surface area contributed by atoms with Crippen molar-refractivity contribution in [1.82, 2.24) is 9.78 Å². The van der Waals surface area contributed by atoms with Crippen LogP contribution < -0.4 is 0 Å². The van der Waals surface area contributed by atoms with E-state index in [0.717, 1.165) is 0 Å². The second-order valence-electron chi connectivity index (χ2n) is 3.27. The Labute approximate surface area is 82.3 Å². The lowest BCUT2D eigenvalue weighted by molar-refractivity contribution is -0.150. The van der Waals surface area contributed by atoms with Gasteiger partial charge in [-0.25, -0.2) is 4.79 Å². The summed E-state index contributed by atoms with van der Waals surface area (Å²) in [5.41, 5.74) is 0.450. The fourth-order valence-electron chi connectivity index (χ4n) is 1.02. The lowest BCUT2D eigenvalue weighted by Gasteiger charge is -2.05. The van der Waals surface area contributed by atoms with E-state index >= 15 is 0 Å². The summed E-state index contributed by atoms with van der Waals surface area (Å²) in [6, 6.07) is 0.202. The molecule has 1 aromatic rings. The molecule has 0 bridgehead atoms. The van der Waals surface area contributed by atoms with Crippen LogP contribution in [0, 0.1) is 0 Å². The molecule has 0 amide bonds. The molecule has 0 aliphatic rings. The van der Waals surface area contributed by atoms with Gasteiger partial charge >= 0.3 is 5.97 Å². The lowest BCUT2D eigenvalue weighted by Crippen LogP contribution is -2.12. The molecule has 0 aromatic carbocycles. The van der Waals surface area contributed by atoms with Gasteiger partial charge in [-0.3, -0.25) is 4.68 Å². The lowest BCUT2D eigenvalue weighted by atomic mass is 10.2. The first-order chi connectivity index (χ1) is 6.56. The Hall–Kier alpha value is -1.36. The Morgan fingerprint density at radius 2 is 2.29 bits per heavy atom. The number of carbonyl (C=O) groups excluding carboxylic acids is 1. The number of nitrogens with zero attached hydrogens (tertiary/aromatic N) is 2. The van der Waals surface area contributed by atoms with Crippen LogP contribution in [0.5, 0.6) is 0 Å². The highest BCUT2D eigenvalue weighted by molar-refractivity contribution is 5.75. The molecule has 78 valence electrons. The molecule has 1 N–H and O–H groups in total. The van der Waals surface area contributed by atoms with Gasteiger partial charge in [0.2, 0.25) is 0 Å². The molecule has 0 fully saturated rings. The molecule has 0 saturated carbocycles. The van der Waals surface area contributed by atoms with Crippen molar-refractivity contribution in [3.8, 4) is 0 Å². The van der Waals surface area contributed by atoms with Gasteiger partial charge < -0.3 is 9.84 Å². The van der Waals surface area contributed by atoms with Crippen molar-refractivity contribution in [2.24, 2.45) is 0 Å². The van der Waals surface area contributed by atoms with Crippen LogP contribution >= 0.6 is 0 Å². The van der Waals surface area contributed by atoms with Crippen molar-refractivity contribution >= 4 is 5.97 Å². The number of aromatic nitrogens is 2. The Morgan fingerprint density at radius 3 is 2.71 bits per heavy atom. The average molecular weight is 198 g/mol. The molecule has 5 nitrogen and oxygen atoms in total. The smallest absolute Gasteiger partial charge is 0.339 e. The van der Waals surface area contributed by atoms with E-state index in [9.17, 15) is 9.90 Å². The molecule has 1 aromatic heterocycles. The first-order valence-electron chi connectivity index (χ1n) is 4.36. The van der Waals surface area contributed by atoms with E-state index in [1.54, 1.807) is 10.9 Å². The van der Waals surface area contributed by atoms with Gasteiger partial charge in [0.05, 0.1) is 13.3 Å². The summed E-state index contributed by atoms with van der Waals surface area (Å²) in [5, 5.41) is 13.5. The van der Waals surface area contributed by atoms with Crippen molar-refractivity contribution in [2.75, 3.05) is 7.11 Å². The summed E-state index contributed by atoms with van der Waals surface area (Å²) < 4.78 is 6.08. The Kier molecular flexibility index (Phi) is 3.24. The third-order valence-electron chi connectivity index (χ3n) is 1.89. The average Bonchev–Trinajstić information content (AvgIpc) is 2.64. The first kappa shape index (κ1) is 10.7. The number of hydrogen-bond acceptors (Lipinski definition) is 4. The van der Waals surface area contributed by atoms with Gasteiger partial charge in [0.25, 0.3) is 0 Å². The summed E-state index contributed by atoms with van der Waals surface area (Å²) in [6.45, 7) is 3.92. The van der Waals surface area contributed by atoms with E-state index in [0.29, 0.717) is 5.56 Å². The van der Waals surface area contributed by atoms with Crippen LogP contribution in [0.4, 0.5) is 0 Å². The monoisotopic (exact) mass is 198 g/mol. The molecule has 1 unspecified atom stereocenters. The SMILES string of the molecule is COC(=O)C(O)c1cnn(C(C)C)c1. The molecule has 1 atom stereocenters. The van der Waals surface area contributed by atoms with Crippen LogP contribution in [0.25, 0.3) is 0 Å². The number of rotatable bonds is 3. The maximum atomic E-state index is 11.0. The molecular formula is C9H14N2O3. The molecule has 0 spiro atoms. The minimum Gasteiger partial charge on any atom is -0.467 e. The van der Waals surface area contributed by atoms with Crippen molar-refractivity contribution in [2.45, 2.75) is 26.0 Å². The minimum absolute atomic E-state index is 0.202. The summed E-state index contributed by atoms with van der Waals surface area (Å²) in [5.74, 6) is -0.673. The highest BCUT2D eigenvalue weighted by Crippen LogP contribution is 2.14. The van der Waals surface area contributed by atoms with Gasteiger partial charge in [-0.05, 0) is 13.8 Å². The molecule has 0 aliphatic heterocycles. The predicted octanol–water partition coefficient (Wildman–Crippen LogP) is 0.670. The number of aliphatic hydroxyl groups excluding tert-OH is 1. The Morgan fingerprint density at radius 1 is 1.64 bits per heavy atom. The van der Waals surface area contributed by atoms with Crippen molar-refractivity contribution in [3.05, 3.63) is 18.0 Å². The number of hydrogen-bond donors (Lipinski definition) is 1. The quantitative estimate of drug-likeness (QED) is 0.725. The maximum Gasteiger partial charge on any atom is 0.339 e. The Balaban J connectivity index is 2.81. The van der Waals surface area contributed by atoms with Crippen molar-refractivity contribution < 1.29 is 14.6 Å². The highest BCUT2D eigenvalue weighted by Gasteiger charge is 2.19. The van der Waals surface area contributed by atoms with Crippen LogP contribution in [-0.2, 0) is 9.53 Å². The molecule has 14 heavy (non-hydrogen) atoms. The molecule has 0 radical (unpaired) electrons. The normalized spacial score (nSPS) is 12.9. The zero-order chi connectivity index (χ0) is 10.7. The maximum absolute atomic E-state index is 11.0. The zero-order valence-electron chi connectivity index (χ0n) is 8.47. The highest BCUT2D eigenvalue weighted by atomic mass is 16.5. The predicted molar refractivity (Wildman–Crippen MR) is 49.6 cm³/mol. The van der Waals surface area contributed by atoms with E-state index in [-0.39, 0.29) is 6.04 Å². The van der Waals surface area contributed by atoms with Gasteiger partial charge in [-0.1, -0.05) is 0 Å². The van der Waals surface area contributed by atoms with Gasteiger partial charge in [-0.2, -0.15) is 5.10 Å². The first-order valence-corrected chi connectivity index (χ1v) is 4.36. The van der Waals surface area contributed by atoms with Crippen LogP contribution in [0.2, 0.25) is 0 Å². The van der Waals surface area contributed by atoms with Crippen LogP contribution in [0.1, 0.15) is 31.6 Å². The van der Waals surface area contributed by atoms with Gasteiger partial charge in [-0.15, -0.1) is 0 Å². The zero-order valence-corrected chi connectivity index (χ0v) is 8.47. The summed E-state index contributed by atoms with van der Waals surface area (Å²) in [6.07, 6.45) is 1.85. The molecular weight excluding hydrogens is 184 g/mol. The largest absolute Gasteiger partial charge is 0.467 e. The van der Waals surface area contributed by atoms with Crippen LogP contribution in [-0.4, -0.2) is 28.0 Å². The van der Waals surface area contributed by atoms with Gasteiger partial charge in [0, 0.05) is 17.8 Å². The number of carbonyl (C=O) groups is 1. The summed E-state index contributed by atoms with van der Waals surface area (Å²) >= 11 is 0. The second-order valence-corrected chi connectivity index (χ2v) is 3.27. The molecule has 0 saturated heterocycles. The van der Waals surface area contributed by atoms with Gasteiger partial charge in [0.15, 0.2) is 6.10 Å². The minimum atomic E-state index is -1.24. The topological polar surface area (TPSA) is 64.3 Å². The molecule has 5 heteroatoms. The second kappa shape index (κ2) is 4.23. The van der Waals surface area contributed by atoms with E-state index in [2.05, 4.69) is 9.84 Å². The van der Waals surface area contributed by atoms with Crippen molar-refractivity contribution in [1.29, 1.82) is 0 Å². The molecule has 1 heterocycles. The van der Waals surface area contributed by atoms with E-state index in [1.807, 2.05) is 13.8 Å². The van der Waals surface area contributed by atoms with E-state index in [4.69, 9.17) is 0 Å². The standard InChI is InChI=1S/C9H14N2O3/c1-6(2)11-5-7(4-10-11)8(12)9(13)14-3/h4-6,8,12H,1-3H3. The van der Waals surface area contributed by atoms with Crippen molar-refractivity contribution in [3.63, 3.8) is 0 Å². The third-order valence-corrected chi connectivity index (χ3v) is 1.89.